The highest BCUT2D eigenvalue weighted by Gasteiger charge is 2.55. The third-order valence-electron chi connectivity index (χ3n) is 5.81. The Balaban J connectivity index is 2.28. The first kappa shape index (κ1) is 17.0. The number of rotatable bonds is 3. The van der Waals surface area contributed by atoms with E-state index in [4.69, 9.17) is 4.74 Å². The zero-order valence-electron chi connectivity index (χ0n) is 15.0. The monoisotopic (exact) mass is 295 g/mol. The van der Waals surface area contributed by atoms with Crippen molar-refractivity contribution in [1.82, 2.24) is 4.90 Å². The van der Waals surface area contributed by atoms with Crippen LogP contribution in [0.2, 0.25) is 0 Å². The highest BCUT2D eigenvalue weighted by molar-refractivity contribution is 5.91. The largest absolute Gasteiger partial charge is 0.369 e. The predicted octanol–water partition coefficient (Wildman–Crippen LogP) is 3.66. The Labute approximate surface area is 130 Å². The third kappa shape index (κ3) is 3.05. The highest BCUT2D eigenvalue weighted by Crippen LogP contribution is 2.47. The molecule has 0 radical (unpaired) electrons. The van der Waals surface area contributed by atoms with Crippen LogP contribution in [0.15, 0.2) is 0 Å². The summed E-state index contributed by atoms with van der Waals surface area (Å²) in [6.07, 6.45) is 5.13. The molecule has 0 aromatic carbocycles. The molecule has 1 aliphatic heterocycles. The van der Waals surface area contributed by atoms with E-state index in [1.165, 1.54) is 0 Å². The normalized spacial score (nSPS) is 38.7. The second-order valence-corrected chi connectivity index (χ2v) is 8.69. The van der Waals surface area contributed by atoms with E-state index in [1.807, 2.05) is 0 Å². The molecular formula is C18H33NO2. The Hall–Kier alpha value is -0.410. The molecule has 122 valence electrons. The van der Waals surface area contributed by atoms with Gasteiger partial charge < -0.3 is 4.74 Å². The first-order chi connectivity index (χ1) is 9.50. The van der Waals surface area contributed by atoms with Crippen molar-refractivity contribution in [3.05, 3.63) is 0 Å². The third-order valence-corrected chi connectivity index (χ3v) is 5.81. The van der Waals surface area contributed by atoms with E-state index in [-0.39, 0.29) is 22.7 Å². The van der Waals surface area contributed by atoms with E-state index < -0.39 is 0 Å². The maximum atomic E-state index is 13.5. The number of Topliss-reactive ketones (excluding diaryl/α,β-unsaturated/α-hetero) is 1. The summed E-state index contributed by atoms with van der Waals surface area (Å²) in [4.78, 5) is 15.6. The average molecular weight is 295 g/mol. The van der Waals surface area contributed by atoms with Crippen LogP contribution in [0.4, 0.5) is 0 Å². The predicted molar refractivity (Wildman–Crippen MR) is 86.4 cm³/mol. The Bertz CT molecular complexity index is 403. The Morgan fingerprint density at radius 1 is 1.10 bits per heavy atom. The van der Waals surface area contributed by atoms with Gasteiger partial charge in [-0.2, -0.15) is 0 Å². The van der Waals surface area contributed by atoms with Crippen LogP contribution in [-0.4, -0.2) is 41.5 Å². The molecule has 1 aliphatic carbocycles. The van der Waals surface area contributed by atoms with Gasteiger partial charge in [-0.05, 0) is 79.8 Å². The number of nitrogens with zero attached hydrogens (tertiary/aromatic N) is 1. The molecule has 2 aliphatic rings. The van der Waals surface area contributed by atoms with Crippen molar-refractivity contribution in [3.63, 3.8) is 0 Å². The fraction of sp³-hybridized carbons (Fsp3) is 0.944. The van der Waals surface area contributed by atoms with Gasteiger partial charge in [-0.3, -0.25) is 9.69 Å². The van der Waals surface area contributed by atoms with Crippen LogP contribution in [0.3, 0.4) is 0 Å². The summed E-state index contributed by atoms with van der Waals surface area (Å²) in [5, 5.41) is 0. The number of hydrogen-bond donors (Lipinski definition) is 0. The molecule has 1 saturated carbocycles. The zero-order chi connectivity index (χ0) is 16.1. The fourth-order valence-corrected chi connectivity index (χ4v) is 4.45. The molecule has 1 heterocycles. The lowest BCUT2D eigenvalue weighted by Gasteiger charge is -2.45. The number of carbonyl (C=O) groups excluding carboxylic acids is 1. The minimum absolute atomic E-state index is 0.00306. The van der Waals surface area contributed by atoms with Gasteiger partial charge in [0.25, 0.3) is 0 Å². The van der Waals surface area contributed by atoms with Gasteiger partial charge in [0, 0.05) is 0 Å². The van der Waals surface area contributed by atoms with Crippen molar-refractivity contribution >= 4 is 5.78 Å². The van der Waals surface area contributed by atoms with E-state index in [9.17, 15) is 4.79 Å². The molecule has 0 spiro atoms. The lowest BCUT2D eigenvalue weighted by atomic mass is 9.68. The average Bonchev–Trinajstić information content (AvgIpc) is 2.57. The van der Waals surface area contributed by atoms with Gasteiger partial charge >= 0.3 is 0 Å². The van der Waals surface area contributed by atoms with Crippen LogP contribution in [-0.2, 0) is 9.53 Å². The number of likely N-dealkylation sites (N-methyl/N-ethyl adjacent to an activating group) is 1. The number of hydrogen-bond acceptors (Lipinski definition) is 3. The summed E-state index contributed by atoms with van der Waals surface area (Å²) in [5.41, 5.74) is -0.829. The molecule has 1 unspecified atom stereocenters. The summed E-state index contributed by atoms with van der Waals surface area (Å²) in [7, 11) is 4.14. The molecule has 2 rings (SSSR count). The number of ketones is 1. The lowest BCUT2D eigenvalue weighted by Crippen LogP contribution is -2.57. The molecule has 1 saturated heterocycles. The van der Waals surface area contributed by atoms with Crippen molar-refractivity contribution in [3.8, 4) is 0 Å². The molecule has 3 nitrogen and oxygen atoms in total. The molecule has 2 fully saturated rings. The zero-order valence-corrected chi connectivity index (χ0v) is 15.0. The van der Waals surface area contributed by atoms with Gasteiger partial charge in [-0.15, -0.1) is 0 Å². The number of carbonyl (C=O) groups is 1. The molecule has 3 heteroatoms. The first-order valence-electron chi connectivity index (χ1n) is 8.42. The molecular weight excluding hydrogens is 262 g/mol. The molecule has 0 aromatic heterocycles. The molecule has 0 N–H and O–H groups in total. The van der Waals surface area contributed by atoms with Gasteiger partial charge in [-0.1, -0.05) is 6.92 Å². The van der Waals surface area contributed by atoms with E-state index in [2.05, 4.69) is 53.6 Å². The summed E-state index contributed by atoms with van der Waals surface area (Å²) >= 11 is 0. The second-order valence-electron chi connectivity index (χ2n) is 8.69. The van der Waals surface area contributed by atoms with E-state index in [0.29, 0.717) is 5.78 Å². The lowest BCUT2D eigenvalue weighted by molar-refractivity contribution is -0.142. The van der Waals surface area contributed by atoms with Crippen LogP contribution in [0, 0.1) is 11.8 Å². The van der Waals surface area contributed by atoms with Gasteiger partial charge in [0.05, 0.1) is 22.7 Å². The Kier molecular flexibility index (Phi) is 4.31. The summed E-state index contributed by atoms with van der Waals surface area (Å²) in [6, 6.07) is 0. The molecule has 21 heavy (non-hydrogen) atoms. The van der Waals surface area contributed by atoms with E-state index >= 15 is 0 Å². The van der Waals surface area contributed by atoms with E-state index in [1.54, 1.807) is 0 Å². The van der Waals surface area contributed by atoms with Crippen LogP contribution < -0.4 is 0 Å². The second kappa shape index (κ2) is 5.34. The number of ether oxygens (including phenoxy) is 1. The van der Waals surface area contributed by atoms with Crippen molar-refractivity contribution < 1.29 is 9.53 Å². The minimum Gasteiger partial charge on any atom is -0.369 e. The Morgan fingerprint density at radius 3 is 2.00 bits per heavy atom. The van der Waals surface area contributed by atoms with Gasteiger partial charge in [0.1, 0.15) is 0 Å². The fourth-order valence-electron chi connectivity index (χ4n) is 4.45. The van der Waals surface area contributed by atoms with Crippen LogP contribution in [0.1, 0.15) is 66.7 Å². The maximum Gasteiger partial charge on any atom is 0.159 e. The van der Waals surface area contributed by atoms with Crippen molar-refractivity contribution in [2.45, 2.75) is 83.5 Å². The van der Waals surface area contributed by atoms with Crippen LogP contribution in [0.25, 0.3) is 0 Å². The van der Waals surface area contributed by atoms with Gasteiger partial charge in [0.2, 0.25) is 0 Å². The molecule has 0 aromatic rings. The standard InChI is InChI=1S/C18H33NO2/c1-13-8-10-18(11-9-13,19(6)7)15(20)14-12-16(2,3)21-17(14,4)5/h13-14H,8-12H2,1-7H3. The van der Waals surface area contributed by atoms with Crippen molar-refractivity contribution in [1.29, 1.82) is 0 Å². The van der Waals surface area contributed by atoms with Crippen LogP contribution in [0.5, 0.6) is 0 Å². The quantitative estimate of drug-likeness (QED) is 0.796. The van der Waals surface area contributed by atoms with Crippen molar-refractivity contribution in [2.75, 3.05) is 14.1 Å². The molecule has 0 amide bonds. The molecule has 1 atom stereocenters. The maximum absolute atomic E-state index is 13.5. The highest BCUT2D eigenvalue weighted by atomic mass is 16.5. The Morgan fingerprint density at radius 2 is 1.62 bits per heavy atom. The van der Waals surface area contributed by atoms with Crippen LogP contribution >= 0.6 is 0 Å². The summed E-state index contributed by atoms with van der Waals surface area (Å²) < 4.78 is 6.17. The first-order valence-corrected chi connectivity index (χ1v) is 8.42. The SMILES string of the molecule is CC1CCC(C(=O)C2CC(C)(C)OC2(C)C)(N(C)C)CC1. The smallest absolute Gasteiger partial charge is 0.159 e. The van der Waals surface area contributed by atoms with Gasteiger partial charge in [0.15, 0.2) is 5.78 Å². The van der Waals surface area contributed by atoms with Crippen molar-refractivity contribution in [2.24, 2.45) is 11.8 Å². The summed E-state index contributed by atoms with van der Waals surface area (Å²) in [5.74, 6) is 1.16. The minimum atomic E-state index is -0.355. The molecule has 0 bridgehead atoms. The van der Waals surface area contributed by atoms with Gasteiger partial charge in [-0.25, -0.2) is 0 Å². The topological polar surface area (TPSA) is 29.5 Å². The summed E-state index contributed by atoms with van der Waals surface area (Å²) in [6.45, 7) is 10.7. The van der Waals surface area contributed by atoms with E-state index in [0.717, 1.165) is 38.0 Å².